The molecule has 0 heterocycles. The molecule has 0 saturated heterocycles. The Labute approximate surface area is 75.0 Å². The Morgan fingerprint density at radius 2 is 1.58 bits per heavy atom. The molecule has 0 spiro atoms. The first kappa shape index (κ1) is 8.31. The zero-order chi connectivity index (χ0) is 8.39. The molecule has 0 aromatic rings. The Bertz CT molecular complexity index is 159. The molecule has 2 saturated carbocycles. The Hall–Kier alpha value is -0.300. The summed E-state index contributed by atoms with van der Waals surface area (Å²) in [7, 11) is 0. The van der Waals surface area contributed by atoms with Crippen LogP contribution in [0.1, 0.15) is 38.5 Å². The highest BCUT2D eigenvalue weighted by molar-refractivity contribution is 5.16. The summed E-state index contributed by atoms with van der Waals surface area (Å²) in [4.78, 5) is 0. The lowest BCUT2D eigenvalue weighted by Crippen LogP contribution is -2.24. The van der Waals surface area contributed by atoms with E-state index in [1.165, 1.54) is 38.5 Å². The van der Waals surface area contributed by atoms with E-state index in [-0.39, 0.29) is 0 Å². The smallest absolute Gasteiger partial charge is 0.0109 e. The predicted molar refractivity (Wildman–Crippen MR) is 51.8 cm³/mol. The van der Waals surface area contributed by atoms with Gasteiger partial charge >= 0.3 is 0 Å². The molecular formula is C11H19N. The predicted octanol–water partition coefficient (Wildman–Crippen LogP) is 2.47. The normalized spacial score (nSPS) is 24.4. The van der Waals surface area contributed by atoms with Crippen molar-refractivity contribution in [1.29, 1.82) is 0 Å². The fourth-order valence-electron chi connectivity index (χ4n) is 2.29. The summed E-state index contributed by atoms with van der Waals surface area (Å²) in [5.74, 6) is 1.86. The molecule has 12 heavy (non-hydrogen) atoms. The van der Waals surface area contributed by atoms with E-state index < -0.39 is 0 Å². The summed E-state index contributed by atoms with van der Waals surface area (Å²) in [5.41, 5.74) is 7.30. The fraction of sp³-hybridized carbons (Fsp3) is 0.818. The van der Waals surface area contributed by atoms with Crippen LogP contribution >= 0.6 is 0 Å². The molecule has 2 N–H and O–H groups in total. The van der Waals surface area contributed by atoms with E-state index in [1.807, 2.05) is 0 Å². The Morgan fingerprint density at radius 1 is 1.08 bits per heavy atom. The van der Waals surface area contributed by atoms with Crippen LogP contribution in [0.3, 0.4) is 0 Å². The molecule has 0 aromatic heterocycles. The first-order valence-electron chi connectivity index (χ1n) is 5.32. The second kappa shape index (κ2) is 3.61. The van der Waals surface area contributed by atoms with Gasteiger partial charge in [-0.15, -0.1) is 0 Å². The average molecular weight is 165 g/mol. The van der Waals surface area contributed by atoms with Crippen molar-refractivity contribution in [2.45, 2.75) is 38.5 Å². The highest BCUT2D eigenvalue weighted by atomic mass is 14.5. The van der Waals surface area contributed by atoms with Gasteiger partial charge in [0.1, 0.15) is 0 Å². The zero-order valence-corrected chi connectivity index (χ0v) is 7.76. The van der Waals surface area contributed by atoms with E-state index in [1.54, 1.807) is 5.57 Å². The van der Waals surface area contributed by atoms with E-state index in [4.69, 9.17) is 5.73 Å². The first-order valence-corrected chi connectivity index (χ1v) is 5.32. The molecule has 1 nitrogen and oxygen atoms in total. The van der Waals surface area contributed by atoms with E-state index in [0.29, 0.717) is 0 Å². The van der Waals surface area contributed by atoms with Gasteiger partial charge in [0, 0.05) is 6.54 Å². The highest BCUT2D eigenvalue weighted by Gasteiger charge is 2.30. The van der Waals surface area contributed by atoms with Crippen molar-refractivity contribution in [2.75, 3.05) is 6.54 Å². The van der Waals surface area contributed by atoms with Crippen LogP contribution in [-0.2, 0) is 0 Å². The third-order valence-electron chi connectivity index (χ3n) is 3.51. The van der Waals surface area contributed by atoms with Crippen molar-refractivity contribution in [2.24, 2.45) is 17.6 Å². The topological polar surface area (TPSA) is 26.0 Å². The minimum atomic E-state index is 0.752. The second-order valence-electron chi connectivity index (χ2n) is 4.20. The molecule has 2 aliphatic rings. The van der Waals surface area contributed by atoms with Crippen LogP contribution in [0.2, 0.25) is 0 Å². The maximum absolute atomic E-state index is 5.59. The monoisotopic (exact) mass is 165 g/mol. The molecule has 0 radical (unpaired) electrons. The van der Waals surface area contributed by atoms with E-state index in [0.717, 1.165) is 18.4 Å². The number of nitrogens with two attached hydrogens (primary N) is 1. The van der Waals surface area contributed by atoms with Crippen molar-refractivity contribution in [3.8, 4) is 0 Å². The zero-order valence-electron chi connectivity index (χ0n) is 7.76. The highest BCUT2D eigenvalue weighted by Crippen LogP contribution is 2.43. The molecule has 0 unspecified atom stereocenters. The van der Waals surface area contributed by atoms with Crippen molar-refractivity contribution < 1.29 is 0 Å². The van der Waals surface area contributed by atoms with Crippen LogP contribution in [0, 0.1) is 11.8 Å². The summed E-state index contributed by atoms with van der Waals surface area (Å²) in [6.45, 7) is 0.752. The van der Waals surface area contributed by atoms with Crippen molar-refractivity contribution in [1.82, 2.24) is 0 Å². The molecule has 0 aromatic carbocycles. The van der Waals surface area contributed by atoms with E-state index >= 15 is 0 Å². The van der Waals surface area contributed by atoms with Gasteiger partial charge in [0.15, 0.2) is 0 Å². The standard InChI is InChI=1S/C11H19N/c12-8-7-11(9-3-1-4-9)10-5-2-6-10/h7,9-10H,1-6,8,12H2. The van der Waals surface area contributed by atoms with Crippen molar-refractivity contribution in [3.05, 3.63) is 11.6 Å². The first-order chi connectivity index (χ1) is 5.92. The molecular weight excluding hydrogens is 146 g/mol. The van der Waals surface area contributed by atoms with Crippen LogP contribution in [-0.4, -0.2) is 6.54 Å². The molecule has 2 fully saturated rings. The number of hydrogen-bond donors (Lipinski definition) is 1. The third kappa shape index (κ3) is 1.42. The Morgan fingerprint density at radius 3 is 1.83 bits per heavy atom. The molecule has 68 valence electrons. The molecule has 0 aliphatic heterocycles. The number of allylic oxidation sites excluding steroid dienone is 1. The van der Waals surface area contributed by atoms with Crippen LogP contribution in [0.5, 0.6) is 0 Å². The van der Waals surface area contributed by atoms with Crippen LogP contribution in [0.15, 0.2) is 11.6 Å². The summed E-state index contributed by atoms with van der Waals surface area (Å²) >= 11 is 0. The summed E-state index contributed by atoms with van der Waals surface area (Å²) in [6.07, 6.45) is 10.9. The van der Waals surface area contributed by atoms with Gasteiger partial charge in [-0.2, -0.15) is 0 Å². The van der Waals surface area contributed by atoms with Crippen molar-refractivity contribution in [3.63, 3.8) is 0 Å². The third-order valence-corrected chi connectivity index (χ3v) is 3.51. The van der Waals surface area contributed by atoms with Gasteiger partial charge in [0.25, 0.3) is 0 Å². The lowest BCUT2D eigenvalue weighted by molar-refractivity contribution is 0.276. The van der Waals surface area contributed by atoms with Gasteiger partial charge in [0.05, 0.1) is 0 Å². The molecule has 0 bridgehead atoms. The maximum Gasteiger partial charge on any atom is 0.0109 e. The largest absolute Gasteiger partial charge is 0.327 e. The molecule has 2 rings (SSSR count). The van der Waals surface area contributed by atoms with Crippen LogP contribution in [0.25, 0.3) is 0 Å². The summed E-state index contributed by atoms with van der Waals surface area (Å²) in [6, 6.07) is 0. The molecule has 2 aliphatic carbocycles. The molecule has 0 atom stereocenters. The van der Waals surface area contributed by atoms with Gasteiger partial charge in [-0.3, -0.25) is 0 Å². The molecule has 1 heteroatoms. The van der Waals surface area contributed by atoms with Gasteiger partial charge in [0.2, 0.25) is 0 Å². The lowest BCUT2D eigenvalue weighted by Gasteiger charge is -2.37. The van der Waals surface area contributed by atoms with Gasteiger partial charge < -0.3 is 5.73 Å². The summed E-state index contributed by atoms with van der Waals surface area (Å²) < 4.78 is 0. The second-order valence-corrected chi connectivity index (χ2v) is 4.20. The average Bonchev–Trinajstić information content (AvgIpc) is 1.79. The van der Waals surface area contributed by atoms with Crippen LogP contribution in [0.4, 0.5) is 0 Å². The van der Waals surface area contributed by atoms with Gasteiger partial charge in [-0.05, 0) is 37.5 Å². The van der Waals surface area contributed by atoms with Gasteiger partial charge in [-0.1, -0.05) is 24.5 Å². The quantitative estimate of drug-likeness (QED) is 0.639. The number of rotatable bonds is 3. The SMILES string of the molecule is NCC=C(C1CCC1)C1CCC1. The fourth-order valence-corrected chi connectivity index (χ4v) is 2.29. The Kier molecular flexibility index (Phi) is 2.50. The minimum Gasteiger partial charge on any atom is -0.327 e. The summed E-state index contributed by atoms with van der Waals surface area (Å²) in [5, 5.41) is 0. The van der Waals surface area contributed by atoms with Crippen molar-refractivity contribution >= 4 is 0 Å². The van der Waals surface area contributed by atoms with Crippen LogP contribution < -0.4 is 5.73 Å². The number of hydrogen-bond acceptors (Lipinski definition) is 1. The lowest BCUT2D eigenvalue weighted by atomic mass is 9.68. The van der Waals surface area contributed by atoms with E-state index in [9.17, 15) is 0 Å². The molecule has 0 amide bonds. The van der Waals surface area contributed by atoms with Gasteiger partial charge in [-0.25, -0.2) is 0 Å². The minimum absolute atomic E-state index is 0.752. The van der Waals surface area contributed by atoms with E-state index in [2.05, 4.69) is 6.08 Å². The maximum atomic E-state index is 5.59. The Balaban J connectivity index is 1.96.